The predicted octanol–water partition coefficient (Wildman–Crippen LogP) is 3.84. The van der Waals surface area contributed by atoms with E-state index in [1.54, 1.807) is 6.07 Å². The van der Waals surface area contributed by atoms with Crippen LogP contribution in [-0.4, -0.2) is 17.1 Å². The van der Waals surface area contributed by atoms with Crippen LogP contribution in [0.15, 0.2) is 22.7 Å². The number of carbonyl (C=O) groups is 1. The van der Waals surface area contributed by atoms with Crippen molar-refractivity contribution in [1.82, 2.24) is 5.32 Å². The zero-order valence-electron chi connectivity index (χ0n) is 10.2. The molecule has 0 heterocycles. The van der Waals surface area contributed by atoms with Crippen LogP contribution in [-0.2, 0) is 11.3 Å². The Kier molecular flexibility index (Phi) is 6.68. The molecule has 0 bridgehead atoms. The highest BCUT2D eigenvalue weighted by atomic mass is 79.9. The van der Waals surface area contributed by atoms with E-state index in [1.807, 2.05) is 12.1 Å². The van der Waals surface area contributed by atoms with Crippen LogP contribution in [0.1, 0.15) is 31.7 Å². The number of rotatable bonds is 7. The quantitative estimate of drug-likeness (QED) is 0.796. The van der Waals surface area contributed by atoms with Crippen LogP contribution in [0.4, 0.5) is 0 Å². The largest absolute Gasteiger partial charge is 0.480 e. The van der Waals surface area contributed by atoms with Crippen LogP contribution < -0.4 is 5.32 Å². The zero-order valence-corrected chi connectivity index (χ0v) is 12.6. The van der Waals surface area contributed by atoms with Crippen molar-refractivity contribution in [2.24, 2.45) is 0 Å². The van der Waals surface area contributed by atoms with Crippen molar-refractivity contribution in [3.05, 3.63) is 33.3 Å². The van der Waals surface area contributed by atoms with Gasteiger partial charge in [-0.3, -0.25) is 4.79 Å². The molecule has 0 amide bonds. The van der Waals surface area contributed by atoms with Crippen molar-refractivity contribution in [3.63, 3.8) is 0 Å². The number of hydrogen-bond acceptors (Lipinski definition) is 2. The van der Waals surface area contributed by atoms with E-state index in [-0.39, 0.29) is 0 Å². The lowest BCUT2D eigenvalue weighted by atomic mass is 10.1. The first-order valence-electron chi connectivity index (χ1n) is 5.94. The van der Waals surface area contributed by atoms with Gasteiger partial charge in [0.05, 0.1) is 5.02 Å². The number of carboxylic acids is 1. The second-order valence-electron chi connectivity index (χ2n) is 4.16. The van der Waals surface area contributed by atoms with Gasteiger partial charge in [0.1, 0.15) is 6.04 Å². The lowest BCUT2D eigenvalue weighted by molar-refractivity contribution is -0.139. The SMILES string of the molecule is CCCC[C@H](NCc1ccc(Cl)c(Br)c1)C(=O)O. The third-order valence-electron chi connectivity index (χ3n) is 2.68. The van der Waals surface area contributed by atoms with Crippen LogP contribution >= 0.6 is 27.5 Å². The lowest BCUT2D eigenvalue weighted by Gasteiger charge is -2.14. The third-order valence-corrected chi connectivity index (χ3v) is 3.89. The second-order valence-corrected chi connectivity index (χ2v) is 5.42. The Morgan fingerprint density at radius 1 is 1.56 bits per heavy atom. The van der Waals surface area contributed by atoms with Crippen LogP contribution in [0.25, 0.3) is 0 Å². The highest BCUT2D eigenvalue weighted by molar-refractivity contribution is 9.10. The smallest absolute Gasteiger partial charge is 0.320 e. The Hall–Kier alpha value is -0.580. The topological polar surface area (TPSA) is 49.3 Å². The van der Waals surface area contributed by atoms with Crippen LogP contribution in [0, 0.1) is 0 Å². The Morgan fingerprint density at radius 2 is 2.28 bits per heavy atom. The molecule has 0 aliphatic carbocycles. The van der Waals surface area contributed by atoms with Crippen molar-refractivity contribution >= 4 is 33.5 Å². The fourth-order valence-electron chi connectivity index (χ4n) is 1.61. The summed E-state index contributed by atoms with van der Waals surface area (Å²) in [6, 6.07) is 5.09. The number of unbranched alkanes of at least 4 members (excludes halogenated alkanes) is 1. The van der Waals surface area contributed by atoms with E-state index in [2.05, 4.69) is 28.2 Å². The van der Waals surface area contributed by atoms with Gasteiger partial charge < -0.3 is 10.4 Å². The third kappa shape index (κ3) is 4.96. The fourth-order valence-corrected chi connectivity index (χ4v) is 2.16. The monoisotopic (exact) mass is 333 g/mol. The number of carboxylic acid groups (broad SMARTS) is 1. The maximum atomic E-state index is 11.1. The first-order valence-corrected chi connectivity index (χ1v) is 7.11. The number of hydrogen-bond donors (Lipinski definition) is 2. The average molecular weight is 335 g/mol. The van der Waals surface area contributed by atoms with Crippen LogP contribution in [0.5, 0.6) is 0 Å². The van der Waals surface area contributed by atoms with Gasteiger partial charge in [0.15, 0.2) is 0 Å². The van der Waals surface area contributed by atoms with E-state index in [0.717, 1.165) is 22.9 Å². The molecule has 2 N–H and O–H groups in total. The summed E-state index contributed by atoms with van der Waals surface area (Å²) in [5.74, 6) is -0.795. The molecule has 1 rings (SSSR count). The highest BCUT2D eigenvalue weighted by Crippen LogP contribution is 2.23. The number of halogens is 2. The van der Waals surface area contributed by atoms with E-state index in [1.165, 1.54) is 0 Å². The molecule has 3 nitrogen and oxygen atoms in total. The number of nitrogens with one attached hydrogen (secondary N) is 1. The van der Waals surface area contributed by atoms with E-state index in [0.29, 0.717) is 18.0 Å². The summed E-state index contributed by atoms with van der Waals surface area (Å²) in [5, 5.41) is 12.8. The van der Waals surface area contributed by atoms with Gasteiger partial charge in [-0.2, -0.15) is 0 Å². The Morgan fingerprint density at radius 3 is 2.83 bits per heavy atom. The molecule has 0 aliphatic heterocycles. The predicted molar refractivity (Wildman–Crippen MR) is 76.9 cm³/mol. The summed E-state index contributed by atoms with van der Waals surface area (Å²) in [6.07, 6.45) is 2.56. The van der Waals surface area contributed by atoms with Crippen molar-refractivity contribution in [3.8, 4) is 0 Å². The maximum absolute atomic E-state index is 11.1. The molecule has 1 aromatic carbocycles. The van der Waals surface area contributed by atoms with E-state index >= 15 is 0 Å². The summed E-state index contributed by atoms with van der Waals surface area (Å²) in [7, 11) is 0. The summed E-state index contributed by atoms with van der Waals surface area (Å²) in [4.78, 5) is 11.1. The molecule has 0 saturated carbocycles. The molecule has 5 heteroatoms. The zero-order chi connectivity index (χ0) is 13.5. The lowest BCUT2D eigenvalue weighted by Crippen LogP contribution is -2.36. The van der Waals surface area contributed by atoms with Gasteiger partial charge in [-0.05, 0) is 40.0 Å². The first-order chi connectivity index (χ1) is 8.54. The summed E-state index contributed by atoms with van der Waals surface area (Å²) in [6.45, 7) is 2.58. The van der Waals surface area contributed by atoms with Crippen molar-refractivity contribution in [2.45, 2.75) is 38.8 Å². The average Bonchev–Trinajstić information content (AvgIpc) is 2.33. The molecule has 1 atom stereocenters. The van der Waals surface area contributed by atoms with Crippen molar-refractivity contribution < 1.29 is 9.90 Å². The van der Waals surface area contributed by atoms with Crippen LogP contribution in [0.3, 0.4) is 0 Å². The summed E-state index contributed by atoms with van der Waals surface area (Å²) >= 11 is 9.25. The van der Waals surface area contributed by atoms with Gasteiger partial charge in [0, 0.05) is 11.0 Å². The Balaban J connectivity index is 2.55. The molecule has 18 heavy (non-hydrogen) atoms. The Bertz CT molecular complexity index is 412. The molecule has 100 valence electrons. The fraction of sp³-hybridized carbons (Fsp3) is 0.462. The van der Waals surface area contributed by atoms with Crippen LogP contribution in [0.2, 0.25) is 5.02 Å². The molecule has 0 saturated heterocycles. The first kappa shape index (κ1) is 15.5. The molecule has 0 radical (unpaired) electrons. The molecule has 0 aliphatic rings. The van der Waals surface area contributed by atoms with Gasteiger partial charge in [0.25, 0.3) is 0 Å². The minimum absolute atomic E-state index is 0.487. The Labute approximate surface area is 121 Å². The summed E-state index contributed by atoms with van der Waals surface area (Å²) < 4.78 is 0.823. The normalized spacial score (nSPS) is 12.4. The molecule has 0 aromatic heterocycles. The molecule has 0 spiro atoms. The number of aliphatic carboxylic acids is 1. The molecular formula is C13H17BrClNO2. The summed E-state index contributed by atoms with van der Waals surface area (Å²) in [5.41, 5.74) is 1.01. The molecule has 0 unspecified atom stereocenters. The minimum atomic E-state index is -0.795. The standard InChI is InChI=1S/C13H17BrClNO2/c1-2-3-4-12(13(17)18)16-8-9-5-6-11(15)10(14)7-9/h5-7,12,16H,2-4,8H2,1H3,(H,17,18)/t12-/m0/s1. The minimum Gasteiger partial charge on any atom is -0.480 e. The highest BCUT2D eigenvalue weighted by Gasteiger charge is 2.15. The van der Waals surface area contributed by atoms with Gasteiger partial charge in [-0.25, -0.2) is 0 Å². The number of benzene rings is 1. The van der Waals surface area contributed by atoms with Crippen molar-refractivity contribution in [2.75, 3.05) is 0 Å². The second kappa shape index (κ2) is 7.77. The van der Waals surface area contributed by atoms with Crippen molar-refractivity contribution in [1.29, 1.82) is 0 Å². The van der Waals surface area contributed by atoms with E-state index in [9.17, 15) is 4.79 Å². The van der Waals surface area contributed by atoms with Gasteiger partial charge in [-0.15, -0.1) is 0 Å². The molecule has 0 fully saturated rings. The van der Waals surface area contributed by atoms with E-state index < -0.39 is 12.0 Å². The van der Waals surface area contributed by atoms with Gasteiger partial charge in [0.2, 0.25) is 0 Å². The van der Waals surface area contributed by atoms with E-state index in [4.69, 9.17) is 16.7 Å². The van der Waals surface area contributed by atoms with Gasteiger partial charge in [-0.1, -0.05) is 37.4 Å². The molecular weight excluding hydrogens is 318 g/mol. The molecule has 1 aromatic rings. The van der Waals surface area contributed by atoms with Gasteiger partial charge >= 0.3 is 5.97 Å². The maximum Gasteiger partial charge on any atom is 0.320 e.